The predicted molar refractivity (Wildman–Crippen MR) is 72.6 cm³/mol. The molecule has 0 spiro atoms. The van der Waals surface area contributed by atoms with Gasteiger partial charge in [0, 0.05) is 20.2 Å². The molecule has 0 amide bonds. The van der Waals surface area contributed by atoms with Crippen LogP contribution >= 0.6 is 11.6 Å². The average Bonchev–Trinajstić information content (AvgIpc) is 2.30. The summed E-state index contributed by atoms with van der Waals surface area (Å²) in [7, 11) is 1.71. The van der Waals surface area contributed by atoms with Crippen molar-refractivity contribution in [3.8, 4) is 0 Å². The third kappa shape index (κ3) is 2.11. The fourth-order valence-corrected chi connectivity index (χ4v) is 2.21. The van der Waals surface area contributed by atoms with Crippen LogP contribution in [0, 0.1) is 13.8 Å². The molecule has 1 saturated heterocycles. The number of aromatic nitrogens is 4. The lowest BCUT2D eigenvalue weighted by Crippen LogP contribution is -2.52. The number of fused-ring (bicyclic) bond motifs is 1. The molecule has 0 radical (unpaired) electrons. The molecule has 6 nitrogen and oxygen atoms in total. The van der Waals surface area contributed by atoms with Crippen LogP contribution in [0.3, 0.4) is 0 Å². The average molecular weight is 280 g/mol. The van der Waals surface area contributed by atoms with E-state index in [0.29, 0.717) is 11.2 Å². The number of rotatable bonds is 2. The van der Waals surface area contributed by atoms with Crippen LogP contribution in [0.5, 0.6) is 0 Å². The molecule has 2 aromatic rings. The van der Waals surface area contributed by atoms with Gasteiger partial charge in [0.1, 0.15) is 0 Å². The zero-order chi connectivity index (χ0) is 13.6. The van der Waals surface area contributed by atoms with Crippen molar-refractivity contribution in [1.82, 2.24) is 19.9 Å². The van der Waals surface area contributed by atoms with Crippen LogP contribution in [0.4, 0.5) is 5.82 Å². The van der Waals surface area contributed by atoms with Crippen molar-refractivity contribution in [2.45, 2.75) is 20.0 Å². The highest BCUT2D eigenvalue weighted by Gasteiger charge is 2.30. The lowest BCUT2D eigenvalue weighted by Gasteiger charge is -2.39. The first kappa shape index (κ1) is 12.5. The van der Waals surface area contributed by atoms with Crippen molar-refractivity contribution in [3.63, 3.8) is 0 Å². The third-order valence-corrected chi connectivity index (χ3v) is 3.55. The second-order valence-corrected chi connectivity index (χ2v) is 4.98. The standard InChI is InChI=1S/C12H14ClN5O/c1-6-7(2)15-10-9(14-6)11(17-12(13)16-10)18-4-8(5-18)19-3/h8H,4-5H2,1-3H3. The SMILES string of the molecule is COC1CN(c2nc(Cl)nc3nc(C)c(C)nc23)C1. The molecular weight excluding hydrogens is 266 g/mol. The number of anilines is 1. The Balaban J connectivity index is 2.10. The van der Waals surface area contributed by atoms with Crippen molar-refractivity contribution >= 4 is 28.6 Å². The minimum Gasteiger partial charge on any atom is -0.378 e. The van der Waals surface area contributed by atoms with E-state index >= 15 is 0 Å². The van der Waals surface area contributed by atoms with Crippen molar-refractivity contribution in [2.75, 3.05) is 25.1 Å². The zero-order valence-corrected chi connectivity index (χ0v) is 11.8. The molecule has 0 saturated carbocycles. The van der Waals surface area contributed by atoms with E-state index in [-0.39, 0.29) is 11.4 Å². The van der Waals surface area contributed by atoms with Crippen LogP contribution < -0.4 is 4.90 Å². The van der Waals surface area contributed by atoms with Crippen LogP contribution in [0.2, 0.25) is 5.28 Å². The van der Waals surface area contributed by atoms with Crippen molar-refractivity contribution < 1.29 is 4.74 Å². The molecule has 19 heavy (non-hydrogen) atoms. The number of nitrogens with zero attached hydrogens (tertiary/aromatic N) is 5. The molecule has 1 aliphatic heterocycles. The van der Waals surface area contributed by atoms with Crippen molar-refractivity contribution in [1.29, 1.82) is 0 Å². The van der Waals surface area contributed by atoms with Gasteiger partial charge in [0.15, 0.2) is 17.0 Å². The van der Waals surface area contributed by atoms with Gasteiger partial charge in [-0.05, 0) is 25.4 Å². The molecule has 3 heterocycles. The molecule has 0 atom stereocenters. The van der Waals surface area contributed by atoms with Gasteiger partial charge in [-0.1, -0.05) is 0 Å². The van der Waals surface area contributed by atoms with Gasteiger partial charge >= 0.3 is 0 Å². The summed E-state index contributed by atoms with van der Waals surface area (Å²) in [6.07, 6.45) is 0.239. The summed E-state index contributed by atoms with van der Waals surface area (Å²) in [4.78, 5) is 19.5. The maximum Gasteiger partial charge on any atom is 0.226 e. The van der Waals surface area contributed by atoms with Gasteiger partial charge in [0.2, 0.25) is 5.28 Å². The van der Waals surface area contributed by atoms with E-state index in [1.807, 2.05) is 13.8 Å². The quantitative estimate of drug-likeness (QED) is 0.777. The molecule has 100 valence electrons. The highest BCUT2D eigenvalue weighted by atomic mass is 35.5. The largest absolute Gasteiger partial charge is 0.378 e. The highest BCUT2D eigenvalue weighted by Crippen LogP contribution is 2.27. The summed E-state index contributed by atoms with van der Waals surface area (Å²) >= 11 is 5.96. The van der Waals surface area contributed by atoms with Gasteiger partial charge in [0.05, 0.1) is 17.5 Å². The Morgan fingerprint density at radius 2 is 1.79 bits per heavy atom. The second kappa shape index (κ2) is 4.54. The highest BCUT2D eigenvalue weighted by molar-refractivity contribution is 6.28. The fourth-order valence-electron chi connectivity index (χ4n) is 2.05. The van der Waals surface area contributed by atoms with Gasteiger partial charge in [-0.25, -0.2) is 9.97 Å². The lowest BCUT2D eigenvalue weighted by atomic mass is 10.1. The van der Waals surface area contributed by atoms with Gasteiger partial charge in [-0.2, -0.15) is 9.97 Å². The molecule has 0 bridgehead atoms. The lowest BCUT2D eigenvalue weighted by molar-refractivity contribution is 0.0784. The molecule has 0 aliphatic carbocycles. The maximum atomic E-state index is 5.96. The minimum atomic E-state index is 0.195. The van der Waals surface area contributed by atoms with Gasteiger partial charge < -0.3 is 9.64 Å². The van der Waals surface area contributed by atoms with Crippen molar-refractivity contribution in [3.05, 3.63) is 16.7 Å². The topological polar surface area (TPSA) is 64.0 Å². The fraction of sp³-hybridized carbons (Fsp3) is 0.500. The molecule has 2 aromatic heterocycles. The number of aryl methyl sites for hydroxylation is 2. The molecule has 3 rings (SSSR count). The first-order valence-electron chi connectivity index (χ1n) is 6.04. The molecule has 0 unspecified atom stereocenters. The first-order chi connectivity index (χ1) is 9.08. The Hall–Kier alpha value is -1.53. The molecule has 0 aromatic carbocycles. The number of halogens is 1. The monoisotopic (exact) mass is 279 g/mol. The predicted octanol–water partition coefficient (Wildman–Crippen LogP) is 1.53. The third-order valence-electron chi connectivity index (χ3n) is 3.38. The second-order valence-electron chi connectivity index (χ2n) is 4.65. The minimum absolute atomic E-state index is 0.195. The van der Waals surface area contributed by atoms with E-state index in [0.717, 1.165) is 30.3 Å². The normalized spacial score (nSPS) is 15.9. The van der Waals surface area contributed by atoms with Gasteiger partial charge in [-0.15, -0.1) is 0 Å². The number of ether oxygens (including phenoxy) is 1. The first-order valence-corrected chi connectivity index (χ1v) is 6.42. The van der Waals surface area contributed by atoms with Crippen molar-refractivity contribution in [2.24, 2.45) is 0 Å². The van der Waals surface area contributed by atoms with Crippen LogP contribution in [-0.4, -0.2) is 46.2 Å². The van der Waals surface area contributed by atoms with E-state index in [2.05, 4.69) is 24.8 Å². The summed E-state index contributed by atoms with van der Waals surface area (Å²) < 4.78 is 5.27. The van der Waals surface area contributed by atoms with E-state index < -0.39 is 0 Å². The Morgan fingerprint density at radius 3 is 2.47 bits per heavy atom. The smallest absolute Gasteiger partial charge is 0.226 e. The zero-order valence-electron chi connectivity index (χ0n) is 11.0. The maximum absolute atomic E-state index is 5.96. The molecule has 0 N–H and O–H groups in total. The van der Waals surface area contributed by atoms with E-state index in [1.165, 1.54) is 0 Å². The number of hydrogen-bond donors (Lipinski definition) is 0. The van der Waals surface area contributed by atoms with Crippen LogP contribution in [0.15, 0.2) is 0 Å². The summed E-state index contributed by atoms with van der Waals surface area (Å²) in [5.41, 5.74) is 2.97. The molecule has 1 fully saturated rings. The van der Waals surface area contributed by atoms with Crippen LogP contribution in [0.25, 0.3) is 11.2 Å². The summed E-state index contributed by atoms with van der Waals surface area (Å²) in [6.45, 7) is 5.40. The Kier molecular flexibility index (Phi) is 2.99. The molecule has 7 heteroatoms. The van der Waals surface area contributed by atoms with Gasteiger partial charge in [-0.3, -0.25) is 0 Å². The molecular formula is C12H14ClN5O. The summed E-state index contributed by atoms with van der Waals surface area (Å²) in [6, 6.07) is 0. The Labute approximate surface area is 115 Å². The van der Waals surface area contributed by atoms with Crippen LogP contribution in [-0.2, 0) is 4.74 Å². The van der Waals surface area contributed by atoms with E-state index in [1.54, 1.807) is 7.11 Å². The summed E-state index contributed by atoms with van der Waals surface area (Å²) in [5, 5.41) is 0.195. The summed E-state index contributed by atoms with van der Waals surface area (Å²) in [5.74, 6) is 0.735. The van der Waals surface area contributed by atoms with E-state index in [4.69, 9.17) is 16.3 Å². The van der Waals surface area contributed by atoms with E-state index in [9.17, 15) is 0 Å². The Morgan fingerprint density at radius 1 is 1.11 bits per heavy atom. The van der Waals surface area contributed by atoms with Gasteiger partial charge in [0.25, 0.3) is 0 Å². The Bertz CT molecular complexity index is 642. The number of hydrogen-bond acceptors (Lipinski definition) is 6. The number of methoxy groups -OCH3 is 1. The van der Waals surface area contributed by atoms with Crippen LogP contribution in [0.1, 0.15) is 11.4 Å². The molecule has 1 aliphatic rings.